The molecule has 0 saturated carbocycles. The smallest absolute Gasteiger partial charge is 0.417 e. The van der Waals surface area contributed by atoms with Crippen molar-refractivity contribution in [2.24, 2.45) is 4.99 Å². The maximum Gasteiger partial charge on any atom is 0.417 e. The first-order valence-electron chi connectivity index (χ1n) is 6.37. The van der Waals surface area contributed by atoms with E-state index in [0.717, 1.165) is 6.08 Å². The van der Waals surface area contributed by atoms with Gasteiger partial charge in [0.25, 0.3) is 0 Å². The molecule has 0 radical (unpaired) electrons. The molecule has 8 heteroatoms. The first-order chi connectivity index (χ1) is 9.83. The number of carbonyl (C=O) groups is 1. The fourth-order valence-electron chi connectivity index (χ4n) is 1.52. The van der Waals surface area contributed by atoms with Gasteiger partial charge in [-0.15, -0.1) is 0 Å². The van der Waals surface area contributed by atoms with Crippen LogP contribution in [0.4, 0.5) is 19.1 Å². The Morgan fingerprint density at radius 2 is 2.10 bits per heavy atom. The standard InChI is InChI=1S/C13H16F3N3O2/c1-4-8(13(14,15)16)7-17-12-18-9(5-2)10(19-12)11(20)21-6-3/h4,7H,5-6H2,1-3H3,(H,18,19)/b8-4+,17-7-. The normalized spacial score (nSPS) is 13.0. The van der Waals surface area contributed by atoms with Gasteiger partial charge >= 0.3 is 12.1 Å². The van der Waals surface area contributed by atoms with Gasteiger partial charge in [-0.05, 0) is 20.3 Å². The van der Waals surface area contributed by atoms with Crippen molar-refractivity contribution in [1.29, 1.82) is 0 Å². The van der Waals surface area contributed by atoms with Crippen molar-refractivity contribution < 1.29 is 22.7 Å². The third kappa shape index (κ3) is 4.44. The lowest BCUT2D eigenvalue weighted by Gasteiger charge is -2.04. The van der Waals surface area contributed by atoms with Crippen molar-refractivity contribution in [1.82, 2.24) is 9.97 Å². The summed E-state index contributed by atoms with van der Waals surface area (Å²) < 4.78 is 42.4. The molecule has 1 aromatic rings. The maximum absolute atomic E-state index is 12.5. The van der Waals surface area contributed by atoms with Crippen molar-refractivity contribution in [3.8, 4) is 0 Å². The van der Waals surface area contributed by atoms with Crippen LogP contribution in [-0.2, 0) is 11.2 Å². The minimum Gasteiger partial charge on any atom is -0.461 e. The number of aromatic nitrogens is 2. The minimum atomic E-state index is -4.48. The highest BCUT2D eigenvalue weighted by Gasteiger charge is 2.31. The number of hydrogen-bond donors (Lipinski definition) is 1. The van der Waals surface area contributed by atoms with Gasteiger partial charge in [0.05, 0.1) is 17.9 Å². The highest BCUT2D eigenvalue weighted by molar-refractivity contribution is 5.89. The first-order valence-corrected chi connectivity index (χ1v) is 6.37. The van der Waals surface area contributed by atoms with E-state index in [2.05, 4.69) is 15.0 Å². The molecule has 0 fully saturated rings. The number of aryl methyl sites for hydroxylation is 1. The van der Waals surface area contributed by atoms with Crippen molar-refractivity contribution in [2.75, 3.05) is 6.61 Å². The molecule has 1 aromatic heterocycles. The average Bonchev–Trinajstić information content (AvgIpc) is 2.81. The van der Waals surface area contributed by atoms with Crippen LogP contribution in [0.5, 0.6) is 0 Å². The van der Waals surface area contributed by atoms with Gasteiger partial charge in [0.2, 0.25) is 5.95 Å². The molecule has 0 atom stereocenters. The predicted octanol–water partition coefficient (Wildman–Crippen LogP) is 3.36. The molecule has 1 rings (SSSR count). The molecule has 0 aliphatic rings. The van der Waals surface area contributed by atoms with Crippen LogP contribution < -0.4 is 0 Å². The molecule has 0 aliphatic heterocycles. The Labute approximate surface area is 119 Å². The third-order valence-corrected chi connectivity index (χ3v) is 2.55. The molecule has 0 unspecified atom stereocenters. The summed E-state index contributed by atoms with van der Waals surface area (Å²) in [5, 5.41) is 0. The molecule has 0 aliphatic carbocycles. The zero-order chi connectivity index (χ0) is 16.0. The van der Waals surface area contributed by atoms with Gasteiger partial charge in [-0.2, -0.15) is 13.2 Å². The Hall–Kier alpha value is -2.12. The van der Waals surface area contributed by atoms with Crippen molar-refractivity contribution in [3.63, 3.8) is 0 Å². The monoisotopic (exact) mass is 303 g/mol. The summed E-state index contributed by atoms with van der Waals surface area (Å²) in [7, 11) is 0. The number of carbonyl (C=O) groups excluding carboxylic acids is 1. The van der Waals surface area contributed by atoms with E-state index in [1.165, 1.54) is 6.92 Å². The quantitative estimate of drug-likeness (QED) is 0.670. The molecule has 0 spiro atoms. The van der Waals surface area contributed by atoms with E-state index >= 15 is 0 Å². The van der Waals surface area contributed by atoms with Gasteiger partial charge in [-0.25, -0.2) is 14.8 Å². The van der Waals surface area contributed by atoms with Crippen LogP contribution in [0.1, 0.15) is 37.0 Å². The number of hydrogen-bond acceptors (Lipinski definition) is 4. The van der Waals surface area contributed by atoms with Crippen molar-refractivity contribution in [3.05, 3.63) is 23.0 Å². The molecule has 116 valence electrons. The third-order valence-electron chi connectivity index (χ3n) is 2.55. The van der Waals surface area contributed by atoms with Crippen molar-refractivity contribution in [2.45, 2.75) is 33.4 Å². The molecule has 0 amide bonds. The number of rotatable bonds is 5. The summed E-state index contributed by atoms with van der Waals surface area (Å²) >= 11 is 0. The number of nitrogens with one attached hydrogen (secondary N) is 1. The van der Waals surface area contributed by atoms with E-state index in [1.807, 2.05) is 0 Å². The molecular formula is C13H16F3N3O2. The fourth-order valence-corrected chi connectivity index (χ4v) is 1.52. The largest absolute Gasteiger partial charge is 0.461 e. The number of H-pyrrole nitrogens is 1. The average molecular weight is 303 g/mol. The SMILES string of the molecule is C/C=C(\C=N/c1nc(C(=O)OCC)c(CC)[nH]1)C(F)(F)F. The zero-order valence-corrected chi connectivity index (χ0v) is 11.9. The summed E-state index contributed by atoms with van der Waals surface area (Å²) in [5.41, 5.74) is -0.384. The van der Waals surface area contributed by atoms with Crippen LogP contribution in [0.15, 0.2) is 16.6 Å². The number of allylic oxidation sites excluding steroid dienone is 2. The zero-order valence-electron chi connectivity index (χ0n) is 11.9. The Bertz CT molecular complexity index is 559. The second kappa shape index (κ2) is 7.05. The Morgan fingerprint density at radius 3 is 2.57 bits per heavy atom. The number of ether oxygens (including phenoxy) is 1. The van der Waals surface area contributed by atoms with Gasteiger partial charge in [0.1, 0.15) is 0 Å². The lowest BCUT2D eigenvalue weighted by atomic mass is 10.3. The van der Waals surface area contributed by atoms with Gasteiger partial charge in [-0.1, -0.05) is 13.0 Å². The van der Waals surface area contributed by atoms with E-state index in [9.17, 15) is 18.0 Å². The summed E-state index contributed by atoms with van der Waals surface area (Å²) in [4.78, 5) is 21.8. The van der Waals surface area contributed by atoms with E-state index in [0.29, 0.717) is 18.3 Å². The van der Waals surface area contributed by atoms with Gasteiger partial charge in [0.15, 0.2) is 5.69 Å². The van der Waals surface area contributed by atoms with Crippen LogP contribution in [-0.4, -0.2) is 34.9 Å². The first kappa shape index (κ1) is 16.9. The number of esters is 1. The number of alkyl halides is 3. The molecule has 5 nitrogen and oxygen atoms in total. The topological polar surface area (TPSA) is 67.3 Å². The second-order valence-corrected chi connectivity index (χ2v) is 3.96. The summed E-state index contributed by atoms with van der Waals surface area (Å²) in [6.45, 7) is 4.87. The minimum absolute atomic E-state index is 0.0422. The van der Waals surface area contributed by atoms with Gasteiger partial charge < -0.3 is 9.72 Å². The number of halogens is 3. The Balaban J connectivity index is 3.03. The number of imidazole rings is 1. The number of aliphatic imine (C=N–C) groups is 1. The summed E-state index contributed by atoms with van der Waals surface area (Å²) in [6.07, 6.45) is -2.47. The molecule has 21 heavy (non-hydrogen) atoms. The lowest BCUT2D eigenvalue weighted by Crippen LogP contribution is -2.12. The van der Waals surface area contributed by atoms with Crippen LogP contribution >= 0.6 is 0 Å². The van der Waals surface area contributed by atoms with E-state index in [4.69, 9.17) is 4.74 Å². The molecule has 0 aromatic carbocycles. The lowest BCUT2D eigenvalue weighted by molar-refractivity contribution is -0.0857. The highest BCUT2D eigenvalue weighted by Crippen LogP contribution is 2.24. The second-order valence-electron chi connectivity index (χ2n) is 3.96. The summed E-state index contributed by atoms with van der Waals surface area (Å²) in [6, 6.07) is 0. The van der Waals surface area contributed by atoms with Crippen LogP contribution in [0.3, 0.4) is 0 Å². The maximum atomic E-state index is 12.5. The number of nitrogens with zero attached hydrogens (tertiary/aromatic N) is 2. The fraction of sp³-hybridized carbons (Fsp3) is 0.462. The van der Waals surface area contributed by atoms with Crippen LogP contribution in [0.2, 0.25) is 0 Å². The Kier molecular flexibility index (Phi) is 5.69. The van der Waals surface area contributed by atoms with Gasteiger partial charge in [0, 0.05) is 6.21 Å². The van der Waals surface area contributed by atoms with Gasteiger partial charge in [-0.3, -0.25) is 0 Å². The molecule has 0 saturated heterocycles. The van der Waals surface area contributed by atoms with Crippen molar-refractivity contribution >= 4 is 18.1 Å². The van der Waals surface area contributed by atoms with E-state index < -0.39 is 17.7 Å². The molecule has 0 bridgehead atoms. The predicted molar refractivity (Wildman–Crippen MR) is 71.9 cm³/mol. The van der Waals surface area contributed by atoms with E-state index in [-0.39, 0.29) is 18.2 Å². The molecule has 1 heterocycles. The van der Waals surface area contributed by atoms with Crippen LogP contribution in [0, 0.1) is 0 Å². The number of aromatic amines is 1. The highest BCUT2D eigenvalue weighted by atomic mass is 19.4. The summed E-state index contributed by atoms with van der Waals surface area (Å²) in [5.74, 6) is -0.701. The Morgan fingerprint density at radius 1 is 1.43 bits per heavy atom. The van der Waals surface area contributed by atoms with Crippen LogP contribution in [0.25, 0.3) is 0 Å². The molecular weight excluding hydrogens is 287 g/mol. The molecule has 1 N–H and O–H groups in total. The van der Waals surface area contributed by atoms with E-state index in [1.54, 1.807) is 13.8 Å².